The number of aliphatic hydroxyl groups is 2. The van der Waals surface area contributed by atoms with Crippen molar-refractivity contribution in [2.24, 2.45) is 0 Å². The number of nitrogens with one attached hydrogen (secondary N) is 2. The van der Waals surface area contributed by atoms with Gasteiger partial charge in [0.2, 0.25) is 0 Å². The lowest BCUT2D eigenvalue weighted by atomic mass is 10.2. The number of aliphatic hydroxyl groups excluding tert-OH is 2. The number of anilines is 2. The SMILES string of the molecule is N#Cc1ccc(NCC(O)c2ccco2)nc1NCC(O)c1ccco1. The van der Waals surface area contributed by atoms with Gasteiger partial charge in [-0.2, -0.15) is 5.26 Å². The minimum atomic E-state index is -0.865. The van der Waals surface area contributed by atoms with E-state index in [9.17, 15) is 15.5 Å². The molecule has 4 N–H and O–H groups in total. The molecule has 8 nitrogen and oxygen atoms in total. The maximum atomic E-state index is 10.1. The van der Waals surface area contributed by atoms with Gasteiger partial charge in [-0.3, -0.25) is 0 Å². The molecular formula is C18H18N4O4. The molecule has 0 aliphatic heterocycles. The van der Waals surface area contributed by atoms with Gasteiger partial charge in [0.05, 0.1) is 18.1 Å². The molecule has 0 radical (unpaired) electrons. The topological polar surface area (TPSA) is 127 Å². The van der Waals surface area contributed by atoms with Gasteiger partial charge in [-0.05, 0) is 36.4 Å². The van der Waals surface area contributed by atoms with E-state index in [-0.39, 0.29) is 13.1 Å². The van der Waals surface area contributed by atoms with Crippen molar-refractivity contribution in [1.29, 1.82) is 5.26 Å². The van der Waals surface area contributed by atoms with E-state index < -0.39 is 12.2 Å². The maximum absolute atomic E-state index is 10.1. The van der Waals surface area contributed by atoms with Crippen LogP contribution in [0.3, 0.4) is 0 Å². The van der Waals surface area contributed by atoms with E-state index in [2.05, 4.69) is 15.6 Å². The van der Waals surface area contributed by atoms with E-state index >= 15 is 0 Å². The number of nitrogens with zero attached hydrogens (tertiary/aromatic N) is 2. The maximum Gasteiger partial charge on any atom is 0.146 e. The van der Waals surface area contributed by atoms with Crippen molar-refractivity contribution in [2.45, 2.75) is 12.2 Å². The molecule has 0 amide bonds. The Kier molecular flexibility index (Phi) is 5.53. The van der Waals surface area contributed by atoms with Crippen LogP contribution >= 0.6 is 0 Å². The Morgan fingerprint density at radius 3 is 2.12 bits per heavy atom. The second-order valence-electron chi connectivity index (χ2n) is 5.53. The van der Waals surface area contributed by atoms with Gasteiger partial charge in [-0.25, -0.2) is 4.98 Å². The molecule has 0 bridgehead atoms. The van der Waals surface area contributed by atoms with Gasteiger partial charge in [-0.15, -0.1) is 0 Å². The molecule has 2 unspecified atom stereocenters. The first kappa shape index (κ1) is 17.5. The van der Waals surface area contributed by atoms with Crippen molar-refractivity contribution >= 4 is 11.6 Å². The highest BCUT2D eigenvalue weighted by molar-refractivity contribution is 5.56. The molecule has 3 aromatic heterocycles. The molecule has 2 atom stereocenters. The first-order valence-corrected chi connectivity index (χ1v) is 7.99. The van der Waals surface area contributed by atoms with Gasteiger partial charge >= 0.3 is 0 Å². The standard InChI is InChI=1S/C18H18N4O4/c19-9-12-5-6-17(20-10-13(23)15-3-1-7-25-15)22-18(12)21-11-14(24)16-4-2-8-26-16/h1-8,13-14,23-24H,10-11H2,(H2,20,21,22). The van der Waals surface area contributed by atoms with E-state index in [1.54, 1.807) is 36.4 Å². The number of pyridine rings is 1. The van der Waals surface area contributed by atoms with Crippen LogP contribution in [0.5, 0.6) is 0 Å². The molecule has 8 heteroatoms. The van der Waals surface area contributed by atoms with Crippen molar-refractivity contribution < 1.29 is 19.0 Å². The van der Waals surface area contributed by atoms with Crippen LogP contribution in [0.4, 0.5) is 11.6 Å². The first-order valence-electron chi connectivity index (χ1n) is 7.99. The second-order valence-corrected chi connectivity index (χ2v) is 5.53. The lowest BCUT2D eigenvalue weighted by Crippen LogP contribution is -2.15. The van der Waals surface area contributed by atoms with Crippen LogP contribution in [0.25, 0.3) is 0 Å². The summed E-state index contributed by atoms with van der Waals surface area (Å²) in [6.45, 7) is 0.328. The highest BCUT2D eigenvalue weighted by atomic mass is 16.4. The number of hydrogen-bond donors (Lipinski definition) is 4. The molecule has 0 fully saturated rings. The fraction of sp³-hybridized carbons (Fsp3) is 0.222. The zero-order valence-corrected chi connectivity index (χ0v) is 13.8. The highest BCUT2D eigenvalue weighted by Gasteiger charge is 2.14. The van der Waals surface area contributed by atoms with Gasteiger partial charge < -0.3 is 29.7 Å². The van der Waals surface area contributed by atoms with E-state index in [1.165, 1.54) is 12.5 Å². The zero-order valence-electron chi connectivity index (χ0n) is 13.8. The summed E-state index contributed by atoms with van der Waals surface area (Å²) in [6.07, 6.45) is 1.28. The predicted molar refractivity (Wildman–Crippen MR) is 93.3 cm³/mol. The lowest BCUT2D eigenvalue weighted by Gasteiger charge is -2.14. The van der Waals surface area contributed by atoms with Gasteiger partial charge in [0.1, 0.15) is 41.4 Å². The molecule has 3 aromatic rings. The third-order valence-corrected chi connectivity index (χ3v) is 3.70. The summed E-state index contributed by atoms with van der Waals surface area (Å²) in [5.41, 5.74) is 0.341. The Bertz CT molecular complexity index is 856. The van der Waals surface area contributed by atoms with Crippen molar-refractivity contribution in [3.05, 3.63) is 66.0 Å². The largest absolute Gasteiger partial charge is 0.467 e. The summed E-state index contributed by atoms with van der Waals surface area (Å²) in [7, 11) is 0. The molecule has 3 rings (SSSR count). The molecule has 0 spiro atoms. The summed E-state index contributed by atoms with van der Waals surface area (Å²) in [6, 6.07) is 12.0. The molecule has 0 saturated heterocycles. The Labute approximate surface area is 149 Å². The normalized spacial score (nSPS) is 13.0. The molecule has 0 aliphatic rings. The van der Waals surface area contributed by atoms with Gasteiger partial charge in [0.25, 0.3) is 0 Å². The van der Waals surface area contributed by atoms with Crippen molar-refractivity contribution in [3.63, 3.8) is 0 Å². The molecule has 134 valence electrons. The summed E-state index contributed by atoms with van der Waals surface area (Å²) < 4.78 is 10.3. The molecular weight excluding hydrogens is 336 g/mol. The molecule has 0 aliphatic carbocycles. The van der Waals surface area contributed by atoms with Crippen molar-refractivity contribution in [3.8, 4) is 6.07 Å². The van der Waals surface area contributed by atoms with E-state index in [4.69, 9.17) is 8.83 Å². The van der Waals surface area contributed by atoms with Gasteiger partial charge in [0.15, 0.2) is 0 Å². The third-order valence-electron chi connectivity index (χ3n) is 3.70. The van der Waals surface area contributed by atoms with Crippen molar-refractivity contribution in [2.75, 3.05) is 23.7 Å². The Balaban J connectivity index is 1.63. The zero-order chi connectivity index (χ0) is 18.4. The average Bonchev–Trinajstić information content (AvgIpc) is 3.38. The van der Waals surface area contributed by atoms with Gasteiger partial charge in [0, 0.05) is 13.1 Å². The smallest absolute Gasteiger partial charge is 0.146 e. The number of aromatic nitrogens is 1. The number of rotatable bonds is 8. The fourth-order valence-corrected chi connectivity index (χ4v) is 2.34. The average molecular weight is 354 g/mol. The van der Waals surface area contributed by atoms with E-state index in [0.717, 1.165) is 0 Å². The Morgan fingerprint density at radius 1 is 0.962 bits per heavy atom. The van der Waals surface area contributed by atoms with E-state index in [1.807, 2.05) is 6.07 Å². The highest BCUT2D eigenvalue weighted by Crippen LogP contribution is 2.20. The first-order chi connectivity index (χ1) is 12.7. The number of hydrogen-bond acceptors (Lipinski definition) is 8. The third kappa shape index (κ3) is 4.22. The monoisotopic (exact) mass is 354 g/mol. The minimum Gasteiger partial charge on any atom is -0.467 e. The summed E-state index contributed by atoms with van der Waals surface area (Å²) in [4.78, 5) is 4.32. The predicted octanol–water partition coefficient (Wildman–Crippen LogP) is 2.43. The van der Waals surface area contributed by atoms with Crippen LogP contribution in [0.15, 0.2) is 57.8 Å². The van der Waals surface area contributed by atoms with Crippen LogP contribution in [0, 0.1) is 11.3 Å². The fourth-order valence-electron chi connectivity index (χ4n) is 2.34. The van der Waals surface area contributed by atoms with Crippen LogP contribution in [0.1, 0.15) is 29.3 Å². The Hall–Kier alpha value is -3.28. The van der Waals surface area contributed by atoms with Crippen molar-refractivity contribution in [1.82, 2.24) is 4.98 Å². The molecule has 0 aromatic carbocycles. The minimum absolute atomic E-state index is 0.133. The van der Waals surface area contributed by atoms with Gasteiger partial charge in [-0.1, -0.05) is 0 Å². The van der Waals surface area contributed by atoms with E-state index in [0.29, 0.717) is 28.7 Å². The molecule has 0 saturated carbocycles. The quantitative estimate of drug-likeness (QED) is 0.486. The summed E-state index contributed by atoms with van der Waals surface area (Å²) >= 11 is 0. The van der Waals surface area contributed by atoms with Crippen LogP contribution < -0.4 is 10.6 Å². The summed E-state index contributed by atoms with van der Waals surface area (Å²) in [5.74, 6) is 1.68. The van der Waals surface area contributed by atoms with Crippen LogP contribution in [-0.2, 0) is 0 Å². The second kappa shape index (κ2) is 8.20. The molecule has 3 heterocycles. The summed E-state index contributed by atoms with van der Waals surface area (Å²) in [5, 5.41) is 35.2. The van der Waals surface area contributed by atoms with Crippen LogP contribution in [0.2, 0.25) is 0 Å². The number of furan rings is 2. The number of nitriles is 1. The lowest BCUT2D eigenvalue weighted by molar-refractivity contribution is 0.162. The Morgan fingerprint density at radius 2 is 1.58 bits per heavy atom. The van der Waals surface area contributed by atoms with Crippen LogP contribution in [-0.4, -0.2) is 28.3 Å². The molecule has 26 heavy (non-hydrogen) atoms.